The van der Waals surface area contributed by atoms with Crippen LogP contribution in [0.2, 0.25) is 0 Å². The van der Waals surface area contributed by atoms with E-state index in [0.29, 0.717) is 11.8 Å². The number of halogens is 1. The number of hydrogen-bond acceptors (Lipinski definition) is 2. The molecule has 0 N–H and O–H groups in total. The molecule has 2 aromatic rings. The zero-order valence-corrected chi connectivity index (χ0v) is 10.00. The molecule has 0 aliphatic heterocycles. The van der Waals surface area contributed by atoms with Gasteiger partial charge >= 0.3 is 0 Å². The average Bonchev–Trinajstić information content (AvgIpc) is 2.69. The molecule has 0 spiro atoms. The molecule has 2 rings (SSSR count). The van der Waals surface area contributed by atoms with Crippen LogP contribution < -0.4 is 0 Å². The van der Waals surface area contributed by atoms with Gasteiger partial charge in [0, 0.05) is 11.4 Å². The molecular weight excluding hydrogens is 222 g/mol. The molecule has 2 nitrogen and oxygen atoms in total. The van der Waals surface area contributed by atoms with E-state index in [1.54, 1.807) is 0 Å². The van der Waals surface area contributed by atoms with Gasteiger partial charge in [0.25, 0.3) is 0 Å². The number of aryl methyl sites for hydroxylation is 2. The summed E-state index contributed by atoms with van der Waals surface area (Å²) in [7, 11) is 0. The molecule has 0 saturated heterocycles. The predicted molar refractivity (Wildman–Crippen MR) is 65.7 cm³/mol. The van der Waals surface area contributed by atoms with Crippen LogP contribution in [0.15, 0.2) is 34.7 Å². The van der Waals surface area contributed by atoms with Crippen LogP contribution in [0.25, 0.3) is 11.5 Å². The second-order valence-corrected chi connectivity index (χ2v) is 4.06. The van der Waals surface area contributed by atoms with E-state index in [1.807, 2.05) is 37.3 Å². The highest BCUT2D eigenvalue weighted by Gasteiger charge is 2.10. The molecule has 84 valence electrons. The number of hydrogen-bond donors (Lipinski definition) is 0. The fraction of sp³-hybridized carbons (Fsp3) is 0.308. The normalized spacial score (nSPS) is 10.6. The van der Waals surface area contributed by atoms with Gasteiger partial charge in [-0.15, -0.1) is 11.6 Å². The number of benzene rings is 1. The number of nitrogens with zero attached hydrogens (tertiary/aromatic N) is 1. The highest BCUT2D eigenvalue weighted by Crippen LogP contribution is 2.22. The molecule has 1 aromatic carbocycles. The van der Waals surface area contributed by atoms with E-state index in [1.165, 1.54) is 0 Å². The Morgan fingerprint density at radius 1 is 1.25 bits per heavy atom. The molecule has 0 bridgehead atoms. The van der Waals surface area contributed by atoms with Gasteiger partial charge in [-0.1, -0.05) is 18.2 Å². The molecule has 1 aromatic heterocycles. The number of oxazole rings is 1. The topological polar surface area (TPSA) is 26.0 Å². The maximum atomic E-state index is 5.67. The van der Waals surface area contributed by atoms with Crippen LogP contribution in [0.5, 0.6) is 0 Å². The Morgan fingerprint density at radius 2 is 2.00 bits per heavy atom. The Balaban J connectivity index is 2.24. The van der Waals surface area contributed by atoms with Gasteiger partial charge in [-0.05, 0) is 31.9 Å². The quantitative estimate of drug-likeness (QED) is 0.753. The summed E-state index contributed by atoms with van der Waals surface area (Å²) in [6.45, 7) is 1.95. The first-order chi connectivity index (χ1) is 7.81. The first-order valence-corrected chi connectivity index (χ1v) is 5.92. The molecule has 16 heavy (non-hydrogen) atoms. The fourth-order valence-electron chi connectivity index (χ4n) is 1.60. The van der Waals surface area contributed by atoms with Crippen molar-refractivity contribution >= 4 is 11.6 Å². The summed E-state index contributed by atoms with van der Waals surface area (Å²) < 4.78 is 5.64. The first-order valence-electron chi connectivity index (χ1n) is 5.39. The maximum absolute atomic E-state index is 5.67. The van der Waals surface area contributed by atoms with E-state index in [4.69, 9.17) is 16.0 Å². The van der Waals surface area contributed by atoms with Crippen molar-refractivity contribution in [2.75, 3.05) is 5.88 Å². The summed E-state index contributed by atoms with van der Waals surface area (Å²) in [6, 6.07) is 9.93. The molecule has 0 aliphatic rings. The van der Waals surface area contributed by atoms with Crippen LogP contribution in [-0.4, -0.2) is 10.9 Å². The van der Waals surface area contributed by atoms with E-state index in [0.717, 1.165) is 29.9 Å². The predicted octanol–water partition coefficient (Wildman–Crippen LogP) is 3.82. The molecule has 0 unspecified atom stereocenters. The lowest BCUT2D eigenvalue weighted by molar-refractivity contribution is 0.539. The maximum Gasteiger partial charge on any atom is 0.226 e. The molecule has 0 saturated carbocycles. The summed E-state index contributed by atoms with van der Waals surface area (Å²) in [6.07, 6.45) is 1.81. The van der Waals surface area contributed by atoms with Crippen LogP contribution in [0, 0.1) is 6.92 Å². The van der Waals surface area contributed by atoms with Crippen molar-refractivity contribution in [3.05, 3.63) is 41.8 Å². The zero-order valence-electron chi connectivity index (χ0n) is 9.24. The largest absolute Gasteiger partial charge is 0.441 e. The van der Waals surface area contributed by atoms with Crippen molar-refractivity contribution in [3.8, 4) is 11.5 Å². The highest BCUT2D eigenvalue weighted by atomic mass is 35.5. The summed E-state index contributed by atoms with van der Waals surface area (Å²) in [5.74, 6) is 2.25. The molecule has 3 heteroatoms. The minimum absolute atomic E-state index is 0.660. The van der Waals surface area contributed by atoms with Gasteiger partial charge in [-0.25, -0.2) is 4.98 Å². The first kappa shape index (κ1) is 11.2. The third-order valence-corrected chi connectivity index (χ3v) is 2.73. The highest BCUT2D eigenvalue weighted by molar-refractivity contribution is 6.17. The van der Waals surface area contributed by atoms with Gasteiger partial charge < -0.3 is 4.42 Å². The van der Waals surface area contributed by atoms with E-state index in [9.17, 15) is 0 Å². The Hall–Kier alpha value is -1.28. The second-order valence-electron chi connectivity index (χ2n) is 3.68. The molecule has 0 aliphatic carbocycles. The lowest BCUT2D eigenvalue weighted by Gasteiger charge is -1.92. The van der Waals surface area contributed by atoms with Gasteiger partial charge in [0.2, 0.25) is 5.89 Å². The Kier molecular flexibility index (Phi) is 3.62. The van der Waals surface area contributed by atoms with Gasteiger partial charge in [0.15, 0.2) is 0 Å². The van der Waals surface area contributed by atoms with Gasteiger partial charge in [-0.3, -0.25) is 0 Å². The van der Waals surface area contributed by atoms with E-state index < -0.39 is 0 Å². The summed E-state index contributed by atoms with van der Waals surface area (Å²) in [5, 5.41) is 0. The number of aromatic nitrogens is 1. The van der Waals surface area contributed by atoms with E-state index in [2.05, 4.69) is 4.98 Å². The minimum atomic E-state index is 0.660. The second kappa shape index (κ2) is 5.17. The smallest absolute Gasteiger partial charge is 0.226 e. The van der Waals surface area contributed by atoms with Crippen LogP contribution in [0.1, 0.15) is 17.9 Å². The molecule has 0 amide bonds. The van der Waals surface area contributed by atoms with Crippen LogP contribution in [-0.2, 0) is 6.42 Å². The molecule has 0 fully saturated rings. The third-order valence-electron chi connectivity index (χ3n) is 2.46. The lowest BCUT2D eigenvalue weighted by Crippen LogP contribution is -1.89. The van der Waals surface area contributed by atoms with Crippen LogP contribution in [0.3, 0.4) is 0 Å². The van der Waals surface area contributed by atoms with Crippen molar-refractivity contribution in [1.29, 1.82) is 0 Å². The summed E-state index contributed by atoms with van der Waals surface area (Å²) >= 11 is 5.67. The minimum Gasteiger partial charge on any atom is -0.441 e. The number of rotatable bonds is 4. The summed E-state index contributed by atoms with van der Waals surface area (Å²) in [5.41, 5.74) is 2.03. The van der Waals surface area contributed by atoms with Crippen LogP contribution >= 0.6 is 11.6 Å². The van der Waals surface area contributed by atoms with Gasteiger partial charge in [0.05, 0.1) is 5.69 Å². The Labute approximate surface area is 100 Å². The average molecular weight is 236 g/mol. The van der Waals surface area contributed by atoms with Crippen molar-refractivity contribution in [3.63, 3.8) is 0 Å². The van der Waals surface area contributed by atoms with Crippen LogP contribution in [0.4, 0.5) is 0 Å². The monoisotopic (exact) mass is 235 g/mol. The SMILES string of the molecule is Cc1oc(-c2ccccc2)nc1CCCCl. The van der Waals surface area contributed by atoms with Crippen molar-refractivity contribution in [2.45, 2.75) is 19.8 Å². The van der Waals surface area contributed by atoms with E-state index in [-0.39, 0.29) is 0 Å². The molecular formula is C13H14ClNO. The standard InChI is InChI=1S/C13H14ClNO/c1-10-12(8-5-9-14)15-13(16-10)11-6-3-2-4-7-11/h2-4,6-7H,5,8-9H2,1H3. The van der Waals surface area contributed by atoms with Crippen molar-refractivity contribution in [2.24, 2.45) is 0 Å². The third kappa shape index (κ3) is 2.45. The molecule has 0 atom stereocenters. The molecule has 0 radical (unpaired) electrons. The molecule has 1 heterocycles. The summed E-state index contributed by atoms with van der Waals surface area (Å²) in [4.78, 5) is 4.49. The lowest BCUT2D eigenvalue weighted by atomic mass is 10.2. The Morgan fingerprint density at radius 3 is 2.69 bits per heavy atom. The van der Waals surface area contributed by atoms with Crippen molar-refractivity contribution < 1.29 is 4.42 Å². The van der Waals surface area contributed by atoms with Crippen molar-refractivity contribution in [1.82, 2.24) is 4.98 Å². The number of alkyl halides is 1. The van der Waals surface area contributed by atoms with Gasteiger partial charge in [-0.2, -0.15) is 0 Å². The fourth-order valence-corrected chi connectivity index (χ4v) is 1.73. The van der Waals surface area contributed by atoms with E-state index >= 15 is 0 Å². The Bertz CT molecular complexity index is 450. The zero-order chi connectivity index (χ0) is 11.4. The van der Waals surface area contributed by atoms with Gasteiger partial charge in [0.1, 0.15) is 5.76 Å².